The van der Waals surface area contributed by atoms with E-state index in [1.165, 1.54) is 51.5 Å². The van der Waals surface area contributed by atoms with Crippen molar-refractivity contribution in [3.05, 3.63) is 35.4 Å². The topological polar surface area (TPSA) is 12.0 Å². The van der Waals surface area contributed by atoms with E-state index in [0.717, 1.165) is 5.92 Å². The van der Waals surface area contributed by atoms with Gasteiger partial charge in [-0.15, -0.1) is 0 Å². The standard InChI is InChI=1S/C16H23N/c1-2-11-16(17-12-5-1)15-10-4-3-9-14(15)13-7-6-8-13/h3-4,9-10,13,16-17H,1-2,5-8,11-12H2. The van der Waals surface area contributed by atoms with E-state index in [0.29, 0.717) is 6.04 Å². The summed E-state index contributed by atoms with van der Waals surface area (Å²) in [5.74, 6) is 0.858. The lowest BCUT2D eigenvalue weighted by Gasteiger charge is -2.30. The van der Waals surface area contributed by atoms with Crippen molar-refractivity contribution >= 4 is 0 Å². The van der Waals surface area contributed by atoms with Crippen LogP contribution in [0.25, 0.3) is 0 Å². The number of benzene rings is 1. The van der Waals surface area contributed by atoms with Gasteiger partial charge < -0.3 is 5.32 Å². The van der Waals surface area contributed by atoms with E-state index in [1.54, 1.807) is 11.1 Å². The van der Waals surface area contributed by atoms with E-state index in [9.17, 15) is 0 Å². The predicted octanol–water partition coefficient (Wildman–Crippen LogP) is 4.16. The molecular formula is C16H23N. The molecule has 0 radical (unpaired) electrons. The summed E-state index contributed by atoms with van der Waals surface area (Å²) in [4.78, 5) is 0. The minimum absolute atomic E-state index is 0.620. The van der Waals surface area contributed by atoms with E-state index in [-0.39, 0.29) is 0 Å². The van der Waals surface area contributed by atoms with Gasteiger partial charge in [0.25, 0.3) is 0 Å². The van der Waals surface area contributed by atoms with Gasteiger partial charge in [-0.25, -0.2) is 0 Å². The van der Waals surface area contributed by atoms with E-state index < -0.39 is 0 Å². The molecule has 1 atom stereocenters. The van der Waals surface area contributed by atoms with E-state index >= 15 is 0 Å². The first-order valence-corrected chi connectivity index (χ1v) is 7.27. The highest BCUT2D eigenvalue weighted by Crippen LogP contribution is 2.40. The van der Waals surface area contributed by atoms with Crippen LogP contribution in [-0.4, -0.2) is 6.54 Å². The summed E-state index contributed by atoms with van der Waals surface area (Å²) in [7, 11) is 0. The molecule has 1 aromatic rings. The Hall–Kier alpha value is -0.820. The zero-order valence-corrected chi connectivity index (χ0v) is 10.6. The second-order valence-corrected chi connectivity index (χ2v) is 5.61. The molecule has 1 heteroatoms. The third-order valence-corrected chi connectivity index (χ3v) is 4.48. The number of nitrogens with one attached hydrogen (secondary N) is 1. The average molecular weight is 229 g/mol. The second-order valence-electron chi connectivity index (χ2n) is 5.61. The van der Waals surface area contributed by atoms with Crippen LogP contribution in [0.5, 0.6) is 0 Å². The summed E-state index contributed by atoms with van der Waals surface area (Å²) < 4.78 is 0. The Morgan fingerprint density at radius 2 is 1.65 bits per heavy atom. The van der Waals surface area contributed by atoms with Gasteiger partial charge in [0.05, 0.1) is 0 Å². The summed E-state index contributed by atoms with van der Waals surface area (Å²) >= 11 is 0. The molecule has 1 aliphatic heterocycles. The van der Waals surface area contributed by atoms with Crippen molar-refractivity contribution in [1.82, 2.24) is 5.32 Å². The van der Waals surface area contributed by atoms with Crippen molar-refractivity contribution in [3.63, 3.8) is 0 Å². The fourth-order valence-electron chi connectivity index (χ4n) is 3.21. The van der Waals surface area contributed by atoms with Crippen LogP contribution in [0.4, 0.5) is 0 Å². The van der Waals surface area contributed by atoms with E-state index in [2.05, 4.69) is 29.6 Å². The summed E-state index contributed by atoms with van der Waals surface area (Å²) in [6.07, 6.45) is 9.70. The van der Waals surface area contributed by atoms with Gasteiger partial charge in [-0.3, -0.25) is 0 Å². The molecule has 1 unspecified atom stereocenters. The first-order valence-electron chi connectivity index (χ1n) is 7.27. The number of hydrogen-bond acceptors (Lipinski definition) is 1. The Morgan fingerprint density at radius 3 is 2.41 bits per heavy atom. The van der Waals surface area contributed by atoms with Crippen molar-refractivity contribution < 1.29 is 0 Å². The number of rotatable bonds is 2. The predicted molar refractivity (Wildman–Crippen MR) is 72.2 cm³/mol. The molecule has 1 aromatic carbocycles. The highest BCUT2D eigenvalue weighted by Gasteiger charge is 2.25. The zero-order valence-electron chi connectivity index (χ0n) is 10.6. The van der Waals surface area contributed by atoms with Crippen LogP contribution in [0.15, 0.2) is 24.3 Å². The van der Waals surface area contributed by atoms with Gasteiger partial charge in [-0.05, 0) is 49.3 Å². The smallest absolute Gasteiger partial charge is 0.0323 e. The maximum atomic E-state index is 3.74. The van der Waals surface area contributed by atoms with Crippen LogP contribution >= 0.6 is 0 Å². The van der Waals surface area contributed by atoms with Gasteiger partial charge in [0.1, 0.15) is 0 Å². The van der Waals surface area contributed by atoms with Gasteiger partial charge in [-0.2, -0.15) is 0 Å². The normalized spacial score (nSPS) is 26.2. The highest BCUT2D eigenvalue weighted by atomic mass is 14.9. The quantitative estimate of drug-likeness (QED) is 0.803. The van der Waals surface area contributed by atoms with Crippen molar-refractivity contribution in [1.29, 1.82) is 0 Å². The monoisotopic (exact) mass is 229 g/mol. The fourth-order valence-corrected chi connectivity index (χ4v) is 3.21. The molecule has 1 N–H and O–H groups in total. The SMILES string of the molecule is c1ccc(C2CCCCCN2)c(C2CCC2)c1. The van der Waals surface area contributed by atoms with Crippen LogP contribution in [0, 0.1) is 0 Å². The van der Waals surface area contributed by atoms with Gasteiger partial charge in [-0.1, -0.05) is 43.5 Å². The molecule has 0 bridgehead atoms. The molecule has 1 heterocycles. The van der Waals surface area contributed by atoms with Gasteiger partial charge in [0.15, 0.2) is 0 Å². The highest BCUT2D eigenvalue weighted by molar-refractivity contribution is 5.34. The molecule has 0 amide bonds. The molecule has 0 aromatic heterocycles. The van der Waals surface area contributed by atoms with Gasteiger partial charge in [0.2, 0.25) is 0 Å². The summed E-state index contributed by atoms with van der Waals surface area (Å²) in [5.41, 5.74) is 3.23. The number of hydrogen-bond donors (Lipinski definition) is 1. The Kier molecular flexibility index (Phi) is 3.46. The molecule has 17 heavy (non-hydrogen) atoms. The molecule has 1 saturated carbocycles. The largest absolute Gasteiger partial charge is 0.310 e. The third kappa shape index (κ3) is 2.40. The van der Waals surface area contributed by atoms with Crippen LogP contribution in [-0.2, 0) is 0 Å². The van der Waals surface area contributed by atoms with E-state index in [1.807, 2.05) is 0 Å². The van der Waals surface area contributed by atoms with Crippen molar-refractivity contribution in [2.45, 2.75) is 56.9 Å². The van der Waals surface area contributed by atoms with Gasteiger partial charge in [0, 0.05) is 6.04 Å². The molecule has 3 rings (SSSR count). The maximum absolute atomic E-state index is 3.74. The van der Waals surface area contributed by atoms with Crippen LogP contribution in [0.1, 0.15) is 68.0 Å². The molecule has 1 nitrogen and oxygen atoms in total. The minimum atomic E-state index is 0.620. The fraction of sp³-hybridized carbons (Fsp3) is 0.625. The van der Waals surface area contributed by atoms with Crippen LogP contribution in [0.3, 0.4) is 0 Å². The molecule has 1 saturated heterocycles. The van der Waals surface area contributed by atoms with E-state index in [4.69, 9.17) is 0 Å². The first kappa shape index (κ1) is 11.3. The molecule has 1 aliphatic carbocycles. The van der Waals surface area contributed by atoms with Crippen molar-refractivity contribution in [3.8, 4) is 0 Å². The minimum Gasteiger partial charge on any atom is -0.310 e. The molecule has 2 aliphatic rings. The summed E-state index contributed by atoms with van der Waals surface area (Å²) in [6, 6.07) is 9.77. The summed E-state index contributed by atoms with van der Waals surface area (Å²) in [5, 5.41) is 3.74. The zero-order chi connectivity index (χ0) is 11.5. The molecule has 2 fully saturated rings. The van der Waals surface area contributed by atoms with Crippen molar-refractivity contribution in [2.75, 3.05) is 6.54 Å². The Morgan fingerprint density at radius 1 is 0.824 bits per heavy atom. The lowest BCUT2D eigenvalue weighted by atomic mass is 9.77. The third-order valence-electron chi connectivity index (χ3n) is 4.48. The molecule has 0 spiro atoms. The lowest BCUT2D eigenvalue weighted by Crippen LogP contribution is -2.23. The second kappa shape index (κ2) is 5.22. The van der Waals surface area contributed by atoms with Gasteiger partial charge >= 0.3 is 0 Å². The Bertz CT molecular complexity index is 360. The average Bonchev–Trinajstić information content (AvgIpc) is 2.56. The van der Waals surface area contributed by atoms with Crippen molar-refractivity contribution in [2.24, 2.45) is 0 Å². The van der Waals surface area contributed by atoms with Crippen LogP contribution in [0.2, 0.25) is 0 Å². The lowest BCUT2D eigenvalue weighted by molar-refractivity contribution is 0.410. The van der Waals surface area contributed by atoms with Crippen LogP contribution < -0.4 is 5.32 Å². The first-order chi connectivity index (χ1) is 8.45. The Labute approximate surface area is 105 Å². The molecular weight excluding hydrogens is 206 g/mol. The summed E-state index contributed by atoms with van der Waals surface area (Å²) in [6.45, 7) is 1.20. The molecule has 92 valence electrons. The Balaban J connectivity index is 1.84. The maximum Gasteiger partial charge on any atom is 0.0323 e.